The molecule has 1 fully saturated rings. The first-order valence-corrected chi connectivity index (χ1v) is 5.12. The van der Waals surface area contributed by atoms with Crippen LogP contribution in [0.5, 0.6) is 0 Å². The van der Waals surface area contributed by atoms with E-state index in [9.17, 15) is 9.59 Å². The molecule has 5 nitrogen and oxygen atoms in total. The second kappa shape index (κ2) is 2.99. The topological polar surface area (TPSA) is 83.6 Å². The lowest BCUT2D eigenvalue weighted by Crippen LogP contribution is -2.48. The smallest absolute Gasteiger partial charge is 0.353 e. The van der Waals surface area contributed by atoms with E-state index in [4.69, 9.17) is 10.8 Å². The molecule has 2 rings (SSSR count). The molecule has 76 valence electrons. The van der Waals surface area contributed by atoms with Gasteiger partial charge in [0, 0.05) is 10.9 Å². The maximum absolute atomic E-state index is 11.2. The van der Waals surface area contributed by atoms with Crippen molar-refractivity contribution in [1.29, 1.82) is 0 Å². The fourth-order valence-corrected chi connectivity index (χ4v) is 2.96. The van der Waals surface area contributed by atoms with Crippen LogP contribution in [0.15, 0.2) is 10.6 Å². The minimum Gasteiger partial charge on any atom is -0.477 e. The third kappa shape index (κ3) is 1.14. The van der Waals surface area contributed by atoms with E-state index in [1.54, 1.807) is 6.92 Å². The summed E-state index contributed by atoms with van der Waals surface area (Å²) >= 11 is 1.39. The quantitative estimate of drug-likeness (QED) is 0.629. The molecule has 2 heterocycles. The summed E-state index contributed by atoms with van der Waals surface area (Å²) < 4.78 is 0. The van der Waals surface area contributed by atoms with Crippen molar-refractivity contribution in [3.05, 3.63) is 10.6 Å². The van der Waals surface area contributed by atoms with Crippen molar-refractivity contribution >= 4 is 23.6 Å². The van der Waals surface area contributed by atoms with E-state index >= 15 is 0 Å². The number of carboxylic acids is 1. The van der Waals surface area contributed by atoms with Gasteiger partial charge in [-0.05, 0) is 6.92 Å². The van der Waals surface area contributed by atoms with Crippen molar-refractivity contribution in [2.75, 3.05) is 0 Å². The highest BCUT2D eigenvalue weighted by atomic mass is 32.2. The van der Waals surface area contributed by atoms with Crippen molar-refractivity contribution in [3.63, 3.8) is 0 Å². The lowest BCUT2D eigenvalue weighted by Gasteiger charge is -2.33. The Bertz CT molecular complexity index is 350. The van der Waals surface area contributed by atoms with Gasteiger partial charge in [-0.15, -0.1) is 11.8 Å². The predicted octanol–water partition coefficient (Wildman–Crippen LogP) is -0.0650. The van der Waals surface area contributed by atoms with Crippen molar-refractivity contribution in [2.24, 2.45) is 5.73 Å². The zero-order valence-corrected chi connectivity index (χ0v) is 8.37. The molecule has 0 aromatic heterocycles. The van der Waals surface area contributed by atoms with E-state index in [0.29, 0.717) is 11.3 Å². The van der Waals surface area contributed by atoms with E-state index in [2.05, 4.69) is 0 Å². The van der Waals surface area contributed by atoms with Gasteiger partial charge >= 0.3 is 5.97 Å². The van der Waals surface area contributed by atoms with Crippen LogP contribution in [0.2, 0.25) is 0 Å². The van der Waals surface area contributed by atoms with Gasteiger partial charge in [0.2, 0.25) is 5.91 Å². The summed E-state index contributed by atoms with van der Waals surface area (Å²) in [6.07, 6.45) is 0.414. The number of β-lactam (4-membered cyclic amide) rings is 1. The average molecular weight is 214 g/mol. The van der Waals surface area contributed by atoms with Crippen LogP contribution in [0.3, 0.4) is 0 Å². The third-order valence-electron chi connectivity index (χ3n) is 2.26. The highest BCUT2D eigenvalue weighted by Crippen LogP contribution is 2.46. The molecule has 3 N–H and O–H groups in total. The molecule has 1 amide bonds. The first kappa shape index (κ1) is 9.54. The van der Waals surface area contributed by atoms with Crippen LogP contribution in [0.25, 0.3) is 0 Å². The predicted molar refractivity (Wildman–Crippen MR) is 51.2 cm³/mol. The number of hydrogen-bond acceptors (Lipinski definition) is 4. The third-order valence-corrected chi connectivity index (χ3v) is 3.73. The van der Waals surface area contributed by atoms with Crippen LogP contribution in [-0.2, 0) is 9.59 Å². The summed E-state index contributed by atoms with van der Waals surface area (Å²) in [6.45, 7) is 1.72. The van der Waals surface area contributed by atoms with Crippen LogP contribution < -0.4 is 5.73 Å². The molecule has 0 spiro atoms. The van der Waals surface area contributed by atoms with Gasteiger partial charge in [0.1, 0.15) is 5.70 Å². The second-order valence-electron chi connectivity index (χ2n) is 3.35. The molecule has 1 saturated heterocycles. The Morgan fingerprint density at radius 3 is 2.86 bits per heavy atom. The Balaban J connectivity index is 2.38. The van der Waals surface area contributed by atoms with Crippen molar-refractivity contribution in [2.45, 2.75) is 24.8 Å². The number of thioether (sulfide) groups is 1. The SMILES string of the molecule is CC(N)C1=C(C(=O)O)N2C(=O)C[C@@H]2S1. The molecule has 0 bridgehead atoms. The van der Waals surface area contributed by atoms with Gasteiger partial charge in [0.05, 0.1) is 11.8 Å². The Morgan fingerprint density at radius 2 is 2.43 bits per heavy atom. The molecule has 2 atom stereocenters. The zero-order valence-electron chi connectivity index (χ0n) is 7.56. The number of rotatable bonds is 2. The number of nitrogens with zero attached hydrogens (tertiary/aromatic N) is 1. The number of nitrogens with two attached hydrogens (primary N) is 1. The van der Waals surface area contributed by atoms with Crippen LogP contribution in [0, 0.1) is 0 Å². The summed E-state index contributed by atoms with van der Waals surface area (Å²) in [5.74, 6) is -1.20. The van der Waals surface area contributed by atoms with E-state index in [1.165, 1.54) is 16.7 Å². The fraction of sp³-hybridized carbons (Fsp3) is 0.500. The Kier molecular flexibility index (Phi) is 2.04. The van der Waals surface area contributed by atoms with Crippen LogP contribution in [0.4, 0.5) is 0 Å². The van der Waals surface area contributed by atoms with Crippen LogP contribution in [0.1, 0.15) is 13.3 Å². The summed E-state index contributed by atoms with van der Waals surface area (Å²) in [5, 5.41) is 8.92. The molecule has 6 heteroatoms. The van der Waals surface area contributed by atoms with E-state index in [1.807, 2.05) is 0 Å². The van der Waals surface area contributed by atoms with Gasteiger partial charge in [0.25, 0.3) is 0 Å². The molecule has 2 aliphatic rings. The minimum atomic E-state index is -1.07. The van der Waals surface area contributed by atoms with Gasteiger partial charge in [-0.2, -0.15) is 0 Å². The van der Waals surface area contributed by atoms with Gasteiger partial charge in [-0.3, -0.25) is 9.69 Å². The van der Waals surface area contributed by atoms with Gasteiger partial charge in [-0.1, -0.05) is 0 Å². The molecule has 0 saturated carbocycles. The van der Waals surface area contributed by atoms with Crippen LogP contribution in [-0.4, -0.2) is 33.3 Å². The average Bonchev–Trinajstić information content (AvgIpc) is 2.37. The number of carboxylic acid groups (broad SMARTS) is 1. The number of aliphatic carboxylic acids is 1. The monoisotopic (exact) mass is 214 g/mol. The summed E-state index contributed by atoms with van der Waals surface area (Å²) in [4.78, 5) is 24.0. The maximum Gasteiger partial charge on any atom is 0.353 e. The largest absolute Gasteiger partial charge is 0.477 e. The Labute approximate surface area is 84.9 Å². The highest BCUT2D eigenvalue weighted by Gasteiger charge is 2.48. The molecule has 14 heavy (non-hydrogen) atoms. The minimum absolute atomic E-state index is 0.0328. The second-order valence-corrected chi connectivity index (χ2v) is 4.57. The zero-order chi connectivity index (χ0) is 10.5. The number of hydrogen-bond donors (Lipinski definition) is 2. The molecule has 0 radical (unpaired) electrons. The molecule has 0 aromatic carbocycles. The molecule has 1 unspecified atom stereocenters. The fourth-order valence-electron chi connectivity index (χ4n) is 1.60. The van der Waals surface area contributed by atoms with Gasteiger partial charge in [0.15, 0.2) is 0 Å². The van der Waals surface area contributed by atoms with Crippen molar-refractivity contribution in [1.82, 2.24) is 4.90 Å². The maximum atomic E-state index is 11.2. The molecule has 0 aromatic rings. The number of carbonyl (C=O) groups excluding carboxylic acids is 1. The molecule has 0 aliphatic carbocycles. The molecular formula is C8H10N2O3S. The van der Waals surface area contributed by atoms with Crippen molar-refractivity contribution in [3.8, 4) is 0 Å². The number of fused-ring (bicyclic) bond motifs is 1. The Morgan fingerprint density at radius 1 is 1.79 bits per heavy atom. The summed E-state index contributed by atoms with van der Waals surface area (Å²) in [6, 6.07) is -0.329. The molecule has 2 aliphatic heterocycles. The normalized spacial score (nSPS) is 27.4. The summed E-state index contributed by atoms with van der Waals surface area (Å²) in [5.41, 5.74) is 5.72. The standard InChI is InChI=1S/C8H10N2O3S/c1-3(9)7-6(8(12)13)10-4(11)2-5(10)14-7/h3,5H,2,9H2,1H3,(H,12,13)/t3?,5-/m0/s1. The number of carbonyl (C=O) groups is 2. The van der Waals surface area contributed by atoms with Crippen molar-refractivity contribution < 1.29 is 14.7 Å². The Hall–Kier alpha value is -1.01. The van der Waals surface area contributed by atoms with Gasteiger partial charge < -0.3 is 10.8 Å². The van der Waals surface area contributed by atoms with E-state index in [-0.39, 0.29) is 23.0 Å². The number of amides is 1. The van der Waals surface area contributed by atoms with E-state index in [0.717, 1.165) is 0 Å². The lowest BCUT2D eigenvalue weighted by atomic mass is 10.1. The van der Waals surface area contributed by atoms with Crippen LogP contribution >= 0.6 is 11.8 Å². The molecular weight excluding hydrogens is 204 g/mol. The first-order chi connectivity index (χ1) is 6.52. The summed E-state index contributed by atoms with van der Waals surface area (Å²) in [7, 11) is 0. The highest BCUT2D eigenvalue weighted by molar-refractivity contribution is 8.04. The lowest BCUT2D eigenvalue weighted by molar-refractivity contribution is -0.145. The van der Waals surface area contributed by atoms with Gasteiger partial charge in [-0.25, -0.2) is 4.79 Å². The first-order valence-electron chi connectivity index (χ1n) is 4.24. The van der Waals surface area contributed by atoms with E-state index < -0.39 is 5.97 Å².